The van der Waals surface area contributed by atoms with E-state index in [9.17, 15) is 23.5 Å². The van der Waals surface area contributed by atoms with Crippen molar-refractivity contribution in [3.63, 3.8) is 0 Å². The summed E-state index contributed by atoms with van der Waals surface area (Å²) in [5.74, 6) is 0.759. The number of nitrogens with zero attached hydrogens (tertiary/aromatic N) is 1. The lowest BCUT2D eigenvalue weighted by Gasteiger charge is -2.23. The molecule has 0 aromatic rings. The summed E-state index contributed by atoms with van der Waals surface area (Å²) < 4.78 is 27.7. The molecule has 0 aromatic heterocycles. The lowest BCUT2D eigenvalue weighted by Crippen LogP contribution is -2.34. The number of rotatable bonds is 11. The number of hydrogen-bond acceptors (Lipinski definition) is 3. The van der Waals surface area contributed by atoms with Crippen molar-refractivity contribution in [2.75, 3.05) is 6.54 Å². The Bertz CT molecular complexity index is 580. The number of aliphatic hydroxyl groups excluding tert-OH is 1. The van der Waals surface area contributed by atoms with Crippen LogP contribution in [0.2, 0.25) is 0 Å². The molecule has 0 radical (unpaired) electrons. The third-order valence-corrected chi connectivity index (χ3v) is 4.49. The maximum absolute atomic E-state index is 13.8. The highest BCUT2D eigenvalue weighted by molar-refractivity contribution is 5.79. The second-order valence-electron chi connectivity index (χ2n) is 6.73. The van der Waals surface area contributed by atoms with Crippen molar-refractivity contribution in [2.45, 2.75) is 82.8 Å². The summed E-state index contributed by atoms with van der Waals surface area (Å²) in [5.41, 5.74) is 0. The van der Waals surface area contributed by atoms with Gasteiger partial charge in [-0.05, 0) is 19.3 Å². The summed E-state index contributed by atoms with van der Waals surface area (Å²) >= 11 is 0. The molecule has 27 heavy (non-hydrogen) atoms. The Kier molecular flexibility index (Phi) is 10.0. The van der Waals surface area contributed by atoms with E-state index < -0.39 is 24.4 Å². The number of halogens is 2. The standard InChI is InChI=1S/C20H29F2NO4/c1-2-3-7-14-20(21,22)17(24)12-10-16-11-13-18(25)23(16)15-8-5-4-6-9-19(26)27/h10,12,16-17,24H,2,4-6,8-9,11,13-15H2,1H3,(H,26,27). The quantitative estimate of drug-likeness (QED) is 0.325. The molecule has 1 heterocycles. The third-order valence-electron chi connectivity index (χ3n) is 4.49. The maximum Gasteiger partial charge on any atom is 0.303 e. The molecule has 2 atom stereocenters. The average Bonchev–Trinajstić information content (AvgIpc) is 2.95. The molecule has 1 aliphatic rings. The molecule has 1 rings (SSSR count). The van der Waals surface area contributed by atoms with Crippen molar-refractivity contribution < 1.29 is 28.6 Å². The largest absolute Gasteiger partial charge is 0.481 e. The van der Waals surface area contributed by atoms with Gasteiger partial charge in [-0.2, -0.15) is 0 Å². The molecule has 0 spiro atoms. The van der Waals surface area contributed by atoms with Crippen LogP contribution in [0.15, 0.2) is 12.2 Å². The van der Waals surface area contributed by atoms with Gasteiger partial charge in [-0.25, -0.2) is 8.78 Å². The first-order valence-corrected chi connectivity index (χ1v) is 9.49. The second-order valence-corrected chi connectivity index (χ2v) is 6.73. The number of carbonyl (C=O) groups excluding carboxylic acids is 1. The molecular formula is C20H29F2NO4. The smallest absolute Gasteiger partial charge is 0.303 e. The first-order valence-electron chi connectivity index (χ1n) is 9.49. The average molecular weight is 385 g/mol. The van der Waals surface area contributed by atoms with Crippen molar-refractivity contribution in [3.05, 3.63) is 12.2 Å². The molecule has 0 bridgehead atoms. The Hall–Kier alpha value is -1.94. The van der Waals surface area contributed by atoms with E-state index in [4.69, 9.17) is 5.11 Å². The number of unbranched alkanes of at least 4 members (excludes halogenated alkanes) is 3. The van der Waals surface area contributed by atoms with Gasteiger partial charge in [0.15, 0.2) is 0 Å². The summed E-state index contributed by atoms with van der Waals surface area (Å²) in [6, 6.07) is -0.288. The minimum Gasteiger partial charge on any atom is -0.481 e. The van der Waals surface area contributed by atoms with Crippen molar-refractivity contribution >= 4 is 11.9 Å². The van der Waals surface area contributed by atoms with E-state index in [0.717, 1.165) is 25.3 Å². The number of carboxylic acids is 1. The van der Waals surface area contributed by atoms with Crippen LogP contribution >= 0.6 is 0 Å². The molecule has 5 nitrogen and oxygen atoms in total. The van der Waals surface area contributed by atoms with Crippen LogP contribution in [-0.2, 0) is 9.59 Å². The van der Waals surface area contributed by atoms with E-state index in [1.54, 1.807) is 11.8 Å². The fourth-order valence-electron chi connectivity index (χ4n) is 2.94. The predicted molar refractivity (Wildman–Crippen MR) is 98.2 cm³/mol. The fraction of sp³-hybridized carbons (Fsp3) is 0.700. The molecule has 1 saturated heterocycles. The Morgan fingerprint density at radius 2 is 2.04 bits per heavy atom. The summed E-state index contributed by atoms with van der Waals surface area (Å²) in [7, 11) is 0. The highest BCUT2D eigenvalue weighted by atomic mass is 19.3. The van der Waals surface area contributed by atoms with Crippen molar-refractivity contribution in [2.24, 2.45) is 0 Å². The summed E-state index contributed by atoms with van der Waals surface area (Å²) in [6.07, 6.45) is 4.38. The van der Waals surface area contributed by atoms with E-state index in [0.29, 0.717) is 32.2 Å². The molecule has 0 aliphatic carbocycles. The van der Waals surface area contributed by atoms with Crippen LogP contribution in [-0.4, -0.2) is 51.6 Å². The zero-order chi connectivity index (χ0) is 20.3. The number of aliphatic carboxylic acids is 1. The molecular weight excluding hydrogens is 356 g/mol. The van der Waals surface area contributed by atoms with E-state index in [1.165, 1.54) is 6.08 Å². The molecule has 0 saturated carbocycles. The van der Waals surface area contributed by atoms with Gasteiger partial charge in [0.1, 0.15) is 6.10 Å². The zero-order valence-corrected chi connectivity index (χ0v) is 15.8. The van der Waals surface area contributed by atoms with Crippen molar-refractivity contribution in [3.8, 4) is 11.8 Å². The Morgan fingerprint density at radius 1 is 1.33 bits per heavy atom. The lowest BCUT2D eigenvalue weighted by atomic mass is 10.1. The minimum absolute atomic E-state index is 0.0229. The normalized spacial score (nSPS) is 18.6. The van der Waals surface area contributed by atoms with Crippen molar-refractivity contribution in [1.82, 2.24) is 4.90 Å². The molecule has 0 aromatic carbocycles. The number of amides is 1. The molecule has 2 unspecified atom stereocenters. The predicted octanol–water partition coefficient (Wildman–Crippen LogP) is 3.37. The molecule has 1 aliphatic heterocycles. The first kappa shape index (κ1) is 23.1. The van der Waals surface area contributed by atoms with Crippen LogP contribution in [0.5, 0.6) is 0 Å². The number of carboxylic acid groups (broad SMARTS) is 1. The molecule has 152 valence electrons. The molecule has 7 heteroatoms. The van der Waals surface area contributed by atoms with Gasteiger partial charge in [-0.1, -0.05) is 37.8 Å². The van der Waals surface area contributed by atoms with Crippen LogP contribution in [0, 0.1) is 11.8 Å². The third kappa shape index (κ3) is 8.53. The molecule has 2 N–H and O–H groups in total. The van der Waals surface area contributed by atoms with Crippen LogP contribution in [0.3, 0.4) is 0 Å². The van der Waals surface area contributed by atoms with Gasteiger partial charge in [-0.3, -0.25) is 9.59 Å². The summed E-state index contributed by atoms with van der Waals surface area (Å²) in [4.78, 5) is 24.1. The number of alkyl halides is 2. The fourth-order valence-corrected chi connectivity index (χ4v) is 2.94. The minimum atomic E-state index is -3.32. The van der Waals surface area contributed by atoms with Gasteiger partial charge >= 0.3 is 5.97 Å². The van der Waals surface area contributed by atoms with Crippen LogP contribution in [0.25, 0.3) is 0 Å². The summed E-state index contributed by atoms with van der Waals surface area (Å²) in [5, 5.41) is 18.3. The highest BCUT2D eigenvalue weighted by Crippen LogP contribution is 2.26. The van der Waals surface area contributed by atoms with Gasteiger partial charge in [0, 0.05) is 25.8 Å². The van der Waals surface area contributed by atoms with Gasteiger partial charge in [-0.15, -0.1) is 5.92 Å². The van der Waals surface area contributed by atoms with E-state index in [1.807, 2.05) is 0 Å². The van der Waals surface area contributed by atoms with Gasteiger partial charge < -0.3 is 15.1 Å². The topological polar surface area (TPSA) is 77.8 Å². The molecule has 1 fully saturated rings. The first-order chi connectivity index (χ1) is 12.8. The Labute approximate surface area is 159 Å². The van der Waals surface area contributed by atoms with E-state index >= 15 is 0 Å². The van der Waals surface area contributed by atoms with E-state index in [2.05, 4.69) is 11.8 Å². The van der Waals surface area contributed by atoms with Crippen LogP contribution in [0.1, 0.15) is 64.7 Å². The summed E-state index contributed by atoms with van der Waals surface area (Å²) in [6.45, 7) is 2.27. The number of likely N-dealkylation sites (tertiary alicyclic amines) is 1. The Morgan fingerprint density at radius 3 is 2.70 bits per heavy atom. The zero-order valence-electron chi connectivity index (χ0n) is 15.8. The second kappa shape index (κ2) is 11.7. The van der Waals surface area contributed by atoms with Crippen molar-refractivity contribution in [1.29, 1.82) is 0 Å². The van der Waals surface area contributed by atoms with Gasteiger partial charge in [0.25, 0.3) is 5.92 Å². The number of hydrogen-bond donors (Lipinski definition) is 2. The van der Waals surface area contributed by atoms with Gasteiger partial charge in [0.2, 0.25) is 5.91 Å². The van der Waals surface area contributed by atoms with Crippen LogP contribution < -0.4 is 0 Å². The number of carbonyl (C=O) groups is 2. The molecule has 1 amide bonds. The van der Waals surface area contributed by atoms with Gasteiger partial charge in [0.05, 0.1) is 12.5 Å². The van der Waals surface area contributed by atoms with Crippen LogP contribution in [0.4, 0.5) is 8.78 Å². The number of aliphatic hydroxyl groups is 1. The Balaban J connectivity index is 2.48. The SMILES string of the molecule is CCC#CCC(F)(F)C(O)C=CC1CCC(=O)N1CCCCCCC(=O)O. The highest BCUT2D eigenvalue weighted by Gasteiger charge is 2.36. The lowest BCUT2D eigenvalue weighted by molar-refractivity contribution is -0.137. The van der Waals surface area contributed by atoms with E-state index in [-0.39, 0.29) is 18.4 Å². The maximum atomic E-state index is 13.8. The monoisotopic (exact) mass is 385 g/mol.